The molecule has 1 N–H and O–H groups in total. The van der Waals surface area contributed by atoms with Crippen LogP contribution in [0.1, 0.15) is 7.25 Å². The molecule has 0 spiro atoms. The zero-order chi connectivity index (χ0) is 6.41. The van der Waals surface area contributed by atoms with Gasteiger partial charge in [0.25, 0.3) is 0 Å². The molecule has 0 radical (unpaired) electrons. The molecule has 8 heavy (non-hydrogen) atoms. The number of hydrogen-bond donors (Lipinski definition) is 1. The molecule has 1 aromatic heterocycles. The van der Waals surface area contributed by atoms with Crippen molar-refractivity contribution in [2.45, 2.75) is 6.92 Å². The summed E-state index contributed by atoms with van der Waals surface area (Å²) in [5.74, 6) is 0.676. The van der Waals surface area contributed by atoms with Crippen molar-refractivity contribution in [1.29, 1.82) is 0 Å². The van der Waals surface area contributed by atoms with E-state index in [1.807, 2.05) is 0 Å². The highest BCUT2D eigenvalue weighted by Gasteiger charge is 1.78. The van der Waals surface area contributed by atoms with E-state index >= 15 is 0 Å². The summed E-state index contributed by atoms with van der Waals surface area (Å²) >= 11 is 0. The van der Waals surface area contributed by atoms with Gasteiger partial charge in [0.15, 0.2) is 5.82 Å². The van der Waals surface area contributed by atoms with Gasteiger partial charge in [0.05, 0.1) is 0 Å². The van der Waals surface area contributed by atoms with Gasteiger partial charge in [-0.05, 0) is 6.92 Å². The molecule has 44 valence electrons. The predicted octanol–water partition coefficient (Wildman–Crippen LogP) is 0.00352. The molecule has 0 aliphatic carbocycles. The van der Waals surface area contributed by atoms with Gasteiger partial charge in [-0.1, -0.05) is 5.21 Å². The van der Waals surface area contributed by atoms with E-state index in [1.165, 1.54) is 0 Å². The second-order valence-corrected chi connectivity index (χ2v) is 0.959. The summed E-state index contributed by atoms with van der Waals surface area (Å²) in [5.41, 5.74) is 0. The molecule has 0 amide bonds. The van der Waals surface area contributed by atoms with Crippen molar-refractivity contribution in [3.05, 3.63) is 5.82 Å². The van der Waals surface area contributed by atoms with Crippen molar-refractivity contribution in [3.63, 3.8) is 0 Å². The number of nitrogens with zero attached hydrogens (tertiary/aromatic N) is 3. The Morgan fingerprint density at radius 2 is 2.25 bits per heavy atom. The van der Waals surface area contributed by atoms with Gasteiger partial charge in [-0.15, -0.1) is 23.0 Å². The molecular weight excluding hydrogens is 104 g/mol. The number of hydrogen-bond acceptors (Lipinski definition) is 3. The minimum Gasteiger partial charge on any atom is -0.177 e. The SMILES string of the molecule is C#C.Cc1nn[nH]n1.[HH]. The smallest absolute Gasteiger partial charge is 0.171 e. The minimum absolute atomic E-state index is 0. The maximum absolute atomic E-state index is 4.00. The molecule has 0 unspecified atom stereocenters. The van der Waals surface area contributed by atoms with E-state index in [0.29, 0.717) is 5.82 Å². The lowest BCUT2D eigenvalue weighted by Crippen LogP contribution is -1.69. The largest absolute Gasteiger partial charge is 0.177 e. The molecule has 0 fully saturated rings. The van der Waals surface area contributed by atoms with E-state index in [0.717, 1.165) is 0 Å². The molecule has 4 nitrogen and oxygen atoms in total. The van der Waals surface area contributed by atoms with Crippen molar-refractivity contribution in [3.8, 4) is 12.8 Å². The van der Waals surface area contributed by atoms with Gasteiger partial charge in [-0.25, -0.2) is 0 Å². The lowest BCUT2D eigenvalue weighted by Gasteiger charge is -1.59. The quantitative estimate of drug-likeness (QED) is 0.481. The van der Waals surface area contributed by atoms with Crippen molar-refractivity contribution in [2.24, 2.45) is 0 Å². The molecule has 0 saturated heterocycles. The number of nitrogens with one attached hydrogen (secondary N) is 1. The molecule has 1 aromatic rings. The fourth-order valence-electron chi connectivity index (χ4n) is 0.212. The number of aromatic amines is 1. The average molecular weight is 112 g/mol. The molecule has 4 heteroatoms. The van der Waals surface area contributed by atoms with Crippen LogP contribution in [-0.4, -0.2) is 20.6 Å². The van der Waals surface area contributed by atoms with Crippen molar-refractivity contribution < 1.29 is 1.43 Å². The third kappa shape index (κ3) is 1.92. The van der Waals surface area contributed by atoms with E-state index < -0.39 is 0 Å². The molecule has 0 saturated carbocycles. The lowest BCUT2D eigenvalue weighted by atomic mass is 10.8. The first-order valence-corrected chi connectivity index (χ1v) is 1.93. The summed E-state index contributed by atoms with van der Waals surface area (Å²) in [7, 11) is 0. The molecule has 0 aliphatic rings. The number of aromatic nitrogens is 4. The van der Waals surface area contributed by atoms with Crippen molar-refractivity contribution in [2.75, 3.05) is 0 Å². The predicted molar refractivity (Wildman–Crippen MR) is 30.9 cm³/mol. The second kappa shape index (κ2) is 3.81. The molecule has 0 bridgehead atoms. The Morgan fingerprint density at radius 1 is 1.62 bits per heavy atom. The fourth-order valence-corrected chi connectivity index (χ4v) is 0.212. The van der Waals surface area contributed by atoms with E-state index in [9.17, 15) is 0 Å². The monoisotopic (exact) mass is 112 g/mol. The number of rotatable bonds is 0. The standard InChI is InChI=1S/C2H4N4.C2H2.H2/c1-2-3-5-6-4-2;1-2;/h1H3,(H,3,4,5,6);1-2H;1H. The first kappa shape index (κ1) is 6.63. The van der Waals surface area contributed by atoms with Crippen LogP contribution in [0.4, 0.5) is 0 Å². The normalized spacial score (nSPS) is 6.88. The van der Waals surface area contributed by atoms with Crippen LogP contribution in [0.2, 0.25) is 0 Å². The summed E-state index contributed by atoms with van der Waals surface area (Å²) in [6.07, 6.45) is 8.00. The summed E-state index contributed by atoms with van der Waals surface area (Å²) in [5, 5.41) is 12.7. The third-order valence-corrected chi connectivity index (χ3v) is 0.451. The number of terminal acetylenes is 1. The van der Waals surface area contributed by atoms with E-state index in [4.69, 9.17) is 0 Å². The van der Waals surface area contributed by atoms with E-state index in [1.54, 1.807) is 6.92 Å². The van der Waals surface area contributed by atoms with Crippen molar-refractivity contribution in [1.82, 2.24) is 20.6 Å². The lowest BCUT2D eigenvalue weighted by molar-refractivity contribution is 0.881. The zero-order valence-electron chi connectivity index (χ0n) is 4.50. The Balaban J connectivity index is 0. The zero-order valence-corrected chi connectivity index (χ0v) is 4.50. The molecule has 0 aliphatic heterocycles. The topological polar surface area (TPSA) is 54.5 Å². The van der Waals surface area contributed by atoms with Crippen LogP contribution in [0.3, 0.4) is 0 Å². The molecule has 1 heterocycles. The number of tetrazole rings is 1. The van der Waals surface area contributed by atoms with Gasteiger partial charge >= 0.3 is 0 Å². The van der Waals surface area contributed by atoms with Crippen LogP contribution in [0.5, 0.6) is 0 Å². The third-order valence-electron chi connectivity index (χ3n) is 0.451. The van der Waals surface area contributed by atoms with Crippen LogP contribution in [0.15, 0.2) is 0 Å². The van der Waals surface area contributed by atoms with Crippen LogP contribution < -0.4 is 0 Å². The Morgan fingerprint density at radius 3 is 2.38 bits per heavy atom. The van der Waals surface area contributed by atoms with Crippen LogP contribution >= 0.6 is 0 Å². The molecule has 1 rings (SSSR count). The molecule has 0 aromatic carbocycles. The number of aryl methyl sites for hydroxylation is 1. The van der Waals surface area contributed by atoms with Crippen LogP contribution in [0.25, 0.3) is 0 Å². The number of H-pyrrole nitrogens is 1. The van der Waals surface area contributed by atoms with E-state index in [2.05, 4.69) is 33.5 Å². The van der Waals surface area contributed by atoms with Gasteiger partial charge in [0.1, 0.15) is 0 Å². The minimum atomic E-state index is 0. The summed E-state index contributed by atoms with van der Waals surface area (Å²) in [6.45, 7) is 1.77. The first-order valence-electron chi connectivity index (χ1n) is 1.93. The highest BCUT2D eigenvalue weighted by molar-refractivity contribution is 4.63. The second-order valence-electron chi connectivity index (χ2n) is 0.959. The summed E-state index contributed by atoms with van der Waals surface area (Å²) in [6, 6.07) is 0. The molecular formula is C4H8N4. The maximum atomic E-state index is 4.00. The van der Waals surface area contributed by atoms with Crippen LogP contribution in [-0.2, 0) is 0 Å². The fraction of sp³-hybridized carbons (Fsp3) is 0.250. The Hall–Kier alpha value is -1.37. The van der Waals surface area contributed by atoms with Gasteiger partial charge in [-0.3, -0.25) is 0 Å². The highest BCUT2D eigenvalue weighted by atomic mass is 15.5. The van der Waals surface area contributed by atoms with Gasteiger partial charge in [0, 0.05) is 1.43 Å². The Kier molecular flexibility index (Phi) is 3.16. The van der Waals surface area contributed by atoms with Crippen molar-refractivity contribution >= 4 is 0 Å². The first-order chi connectivity index (χ1) is 3.89. The Bertz CT molecular complexity index is 145. The molecule has 0 atom stereocenters. The maximum Gasteiger partial charge on any atom is 0.171 e. The summed E-state index contributed by atoms with van der Waals surface area (Å²) in [4.78, 5) is 0. The van der Waals surface area contributed by atoms with Gasteiger partial charge in [0.2, 0.25) is 0 Å². The average Bonchev–Trinajstić information content (AvgIpc) is 2.24. The van der Waals surface area contributed by atoms with Gasteiger partial charge < -0.3 is 0 Å². The van der Waals surface area contributed by atoms with Crippen LogP contribution in [0, 0.1) is 19.8 Å². The van der Waals surface area contributed by atoms with Gasteiger partial charge in [-0.2, -0.15) is 5.21 Å². The Labute approximate surface area is 48.8 Å². The van der Waals surface area contributed by atoms with E-state index in [-0.39, 0.29) is 1.43 Å². The highest BCUT2D eigenvalue weighted by Crippen LogP contribution is 1.69. The summed E-state index contributed by atoms with van der Waals surface area (Å²) < 4.78 is 0.